The van der Waals surface area contributed by atoms with Gasteiger partial charge in [-0.2, -0.15) is 0 Å². The van der Waals surface area contributed by atoms with Crippen molar-refractivity contribution in [1.82, 2.24) is 4.98 Å². The van der Waals surface area contributed by atoms with E-state index < -0.39 is 14.8 Å². The third-order valence-electron chi connectivity index (χ3n) is 2.92. The summed E-state index contributed by atoms with van der Waals surface area (Å²) in [5.74, 6) is 0. The highest BCUT2D eigenvalue weighted by Crippen LogP contribution is 2.34. The van der Waals surface area contributed by atoms with Crippen molar-refractivity contribution in [1.29, 1.82) is 0 Å². The average molecular weight is 355 g/mol. The molecule has 0 aliphatic heterocycles. The van der Waals surface area contributed by atoms with Crippen molar-refractivity contribution < 1.29 is 13.3 Å². The molecule has 1 heterocycles. The largest absolute Gasteiger partial charge is 0.271 e. The molecule has 0 saturated carbocycles. The Labute approximate surface area is 134 Å². The maximum atomic E-state index is 12.6. The van der Waals surface area contributed by atoms with Gasteiger partial charge in [-0.15, -0.1) is 11.3 Å². The molecule has 0 N–H and O–H groups in total. The number of fused-ring (bicyclic) bond motifs is 1. The van der Waals surface area contributed by atoms with Crippen LogP contribution in [0.15, 0.2) is 51.7 Å². The van der Waals surface area contributed by atoms with Crippen LogP contribution < -0.4 is 0 Å². The first-order valence-electron chi connectivity index (χ1n) is 5.94. The topological polar surface area (TPSA) is 90.2 Å². The van der Waals surface area contributed by atoms with Crippen molar-refractivity contribution in [2.24, 2.45) is 0 Å². The Balaban J connectivity index is 2.15. The van der Waals surface area contributed by atoms with Crippen LogP contribution in [0.25, 0.3) is 10.2 Å². The molecule has 9 heteroatoms. The Bertz CT molecular complexity index is 965. The van der Waals surface area contributed by atoms with E-state index >= 15 is 0 Å². The minimum atomic E-state index is -3.92. The Kier molecular flexibility index (Phi) is 3.59. The summed E-state index contributed by atoms with van der Waals surface area (Å²) in [6, 6.07) is 10.3. The summed E-state index contributed by atoms with van der Waals surface area (Å²) < 4.78 is 25.8. The van der Waals surface area contributed by atoms with Gasteiger partial charge in [0.2, 0.25) is 14.2 Å². The maximum Gasteiger partial charge on any atom is 0.271 e. The summed E-state index contributed by atoms with van der Waals surface area (Å²) in [5, 5.41) is 10.5. The molecule has 0 aliphatic carbocycles. The van der Waals surface area contributed by atoms with Gasteiger partial charge in [0.25, 0.3) is 5.69 Å². The molecule has 0 bridgehead atoms. The summed E-state index contributed by atoms with van der Waals surface area (Å²) >= 11 is 6.93. The van der Waals surface area contributed by atoms with Crippen molar-refractivity contribution in [3.63, 3.8) is 0 Å². The highest BCUT2D eigenvalue weighted by Gasteiger charge is 2.26. The maximum absolute atomic E-state index is 12.6. The van der Waals surface area contributed by atoms with Crippen LogP contribution in [-0.2, 0) is 9.84 Å². The van der Waals surface area contributed by atoms with Gasteiger partial charge in [-0.3, -0.25) is 10.1 Å². The Morgan fingerprint density at radius 2 is 1.91 bits per heavy atom. The number of aromatic nitrogens is 1. The van der Waals surface area contributed by atoms with Crippen molar-refractivity contribution in [3.05, 3.63) is 57.6 Å². The van der Waals surface area contributed by atoms with Crippen LogP contribution >= 0.6 is 22.9 Å². The van der Waals surface area contributed by atoms with Gasteiger partial charge in [0, 0.05) is 12.1 Å². The zero-order valence-electron chi connectivity index (χ0n) is 10.8. The number of rotatable bonds is 3. The quantitative estimate of drug-likeness (QED) is 0.528. The van der Waals surface area contributed by atoms with Crippen LogP contribution in [-0.4, -0.2) is 18.3 Å². The van der Waals surface area contributed by atoms with E-state index in [-0.39, 0.29) is 19.9 Å². The molecule has 0 fully saturated rings. The molecule has 6 nitrogen and oxygen atoms in total. The summed E-state index contributed by atoms with van der Waals surface area (Å²) in [4.78, 5) is 14.0. The molecular weight excluding hydrogens is 348 g/mol. The fraction of sp³-hybridized carbons (Fsp3) is 0. The van der Waals surface area contributed by atoms with Crippen molar-refractivity contribution in [3.8, 4) is 0 Å². The normalized spacial score (nSPS) is 11.7. The summed E-state index contributed by atoms with van der Waals surface area (Å²) in [7, 11) is -3.92. The van der Waals surface area contributed by atoms with Crippen LogP contribution in [0.2, 0.25) is 5.02 Å². The predicted octanol–water partition coefficient (Wildman–Crippen LogP) is 3.69. The number of hydrogen-bond acceptors (Lipinski definition) is 6. The number of benzene rings is 2. The van der Waals surface area contributed by atoms with Gasteiger partial charge >= 0.3 is 0 Å². The van der Waals surface area contributed by atoms with Crippen LogP contribution in [0.3, 0.4) is 0 Å². The van der Waals surface area contributed by atoms with Gasteiger partial charge in [-0.05, 0) is 18.2 Å². The lowest BCUT2D eigenvalue weighted by Gasteiger charge is -2.03. The number of para-hydroxylation sites is 1. The molecule has 0 amide bonds. The van der Waals surface area contributed by atoms with Crippen LogP contribution in [0.5, 0.6) is 0 Å². The smallest absolute Gasteiger partial charge is 0.258 e. The molecule has 0 unspecified atom stereocenters. The molecule has 3 aromatic rings. The highest BCUT2D eigenvalue weighted by atomic mass is 35.5. The Morgan fingerprint density at radius 1 is 1.18 bits per heavy atom. The number of halogens is 1. The van der Waals surface area contributed by atoms with E-state index in [0.29, 0.717) is 5.52 Å². The number of nitro groups is 1. The molecule has 0 aliphatic rings. The van der Waals surface area contributed by atoms with E-state index in [9.17, 15) is 18.5 Å². The zero-order valence-corrected chi connectivity index (χ0v) is 13.2. The third kappa shape index (κ3) is 2.45. The lowest BCUT2D eigenvalue weighted by atomic mass is 10.3. The van der Waals surface area contributed by atoms with Gasteiger partial charge in [0.1, 0.15) is 0 Å². The minimum absolute atomic E-state index is 0.0931. The van der Waals surface area contributed by atoms with Gasteiger partial charge in [-0.1, -0.05) is 23.7 Å². The van der Waals surface area contributed by atoms with Crippen molar-refractivity contribution >= 4 is 48.7 Å². The van der Waals surface area contributed by atoms with Crippen LogP contribution in [0.1, 0.15) is 0 Å². The van der Waals surface area contributed by atoms with Crippen LogP contribution in [0, 0.1) is 10.1 Å². The molecule has 0 spiro atoms. The summed E-state index contributed by atoms with van der Waals surface area (Å²) in [5.41, 5.74) is 0.303. The molecule has 112 valence electrons. The SMILES string of the molecule is O=[N+]([O-])c1ccc(S(=O)(=O)c2nc3ccccc3s2)c(Cl)c1. The average Bonchev–Trinajstić information content (AvgIpc) is 2.91. The first kappa shape index (κ1) is 14.9. The predicted molar refractivity (Wildman–Crippen MR) is 83.2 cm³/mol. The summed E-state index contributed by atoms with van der Waals surface area (Å²) in [6.07, 6.45) is 0. The lowest BCUT2D eigenvalue weighted by molar-refractivity contribution is -0.384. The van der Waals surface area contributed by atoms with Gasteiger partial charge < -0.3 is 0 Å². The van der Waals surface area contributed by atoms with Crippen molar-refractivity contribution in [2.45, 2.75) is 9.24 Å². The highest BCUT2D eigenvalue weighted by molar-refractivity contribution is 7.93. The van der Waals surface area contributed by atoms with E-state index in [4.69, 9.17) is 11.6 Å². The zero-order chi connectivity index (χ0) is 15.9. The van der Waals surface area contributed by atoms with E-state index in [1.807, 2.05) is 0 Å². The number of nitro benzene ring substituents is 1. The first-order chi connectivity index (χ1) is 10.4. The van der Waals surface area contributed by atoms with Gasteiger partial charge in [0.15, 0.2) is 0 Å². The van der Waals surface area contributed by atoms with Crippen molar-refractivity contribution in [2.75, 3.05) is 0 Å². The number of nitrogens with zero attached hydrogens (tertiary/aromatic N) is 2. The van der Waals surface area contributed by atoms with E-state index in [0.717, 1.165) is 34.2 Å². The fourth-order valence-corrected chi connectivity index (χ4v) is 5.00. The van der Waals surface area contributed by atoms with Crippen LogP contribution in [0.4, 0.5) is 5.69 Å². The summed E-state index contributed by atoms with van der Waals surface area (Å²) in [6.45, 7) is 0. The molecule has 3 rings (SSSR count). The number of sulfone groups is 1. The Hall–Kier alpha value is -2.03. The monoisotopic (exact) mass is 354 g/mol. The van der Waals surface area contributed by atoms with E-state index in [1.54, 1.807) is 24.3 Å². The molecule has 0 radical (unpaired) electrons. The minimum Gasteiger partial charge on any atom is -0.258 e. The molecule has 22 heavy (non-hydrogen) atoms. The number of hydrogen-bond donors (Lipinski definition) is 0. The molecule has 1 aromatic heterocycles. The molecule has 2 aromatic carbocycles. The molecule has 0 saturated heterocycles. The molecular formula is C13H7ClN2O4S2. The van der Waals surface area contributed by atoms with Gasteiger partial charge in [-0.25, -0.2) is 13.4 Å². The van der Waals surface area contributed by atoms with E-state index in [2.05, 4.69) is 4.98 Å². The number of non-ortho nitro benzene ring substituents is 1. The fourth-order valence-electron chi connectivity index (χ4n) is 1.88. The molecule has 0 atom stereocenters. The van der Waals surface area contributed by atoms with Gasteiger partial charge in [0.05, 0.1) is 25.1 Å². The number of thiazole rings is 1. The second-order valence-electron chi connectivity index (χ2n) is 4.32. The Morgan fingerprint density at radius 3 is 2.55 bits per heavy atom. The second-order valence-corrected chi connectivity index (χ2v) is 7.85. The lowest BCUT2D eigenvalue weighted by Crippen LogP contribution is -2.02. The second kappa shape index (κ2) is 5.31. The first-order valence-corrected chi connectivity index (χ1v) is 8.62. The van der Waals surface area contributed by atoms with E-state index in [1.165, 1.54) is 0 Å². The third-order valence-corrected chi connectivity index (χ3v) is 6.57. The standard InChI is InChI=1S/C13H7ClN2O4S2/c14-9-7-8(16(17)18)5-6-12(9)22(19,20)13-15-10-3-1-2-4-11(10)21-13/h1-7H.